The summed E-state index contributed by atoms with van der Waals surface area (Å²) < 4.78 is 1.65. The lowest BCUT2D eigenvalue weighted by Crippen LogP contribution is -2.41. The minimum absolute atomic E-state index is 0. The molecule has 7 nitrogen and oxygen atoms in total. The molecule has 0 radical (unpaired) electrons. The molecule has 2 heterocycles. The van der Waals surface area contributed by atoms with Crippen LogP contribution in [-0.4, -0.2) is 47.3 Å². The van der Waals surface area contributed by atoms with Gasteiger partial charge in [0.15, 0.2) is 5.96 Å². The molecule has 0 saturated carbocycles. The van der Waals surface area contributed by atoms with Gasteiger partial charge in [0, 0.05) is 26.7 Å². The predicted molar refractivity (Wildman–Crippen MR) is 128 cm³/mol. The Morgan fingerprint density at radius 1 is 1.34 bits per heavy atom. The lowest BCUT2D eigenvalue weighted by atomic mass is 9.93. The zero-order valence-electron chi connectivity index (χ0n) is 17.4. The average Bonchev–Trinajstić information content (AvgIpc) is 3.21. The molecule has 8 heteroatoms. The smallest absolute Gasteiger partial charge is 0.193 e. The summed E-state index contributed by atoms with van der Waals surface area (Å²) in [5.41, 5.74) is 8.56. The van der Waals surface area contributed by atoms with Gasteiger partial charge in [0.05, 0.1) is 11.4 Å². The first-order valence-electron chi connectivity index (χ1n) is 9.73. The number of guanidine groups is 1. The highest BCUT2D eigenvalue weighted by atomic mass is 127. The molecule has 1 aliphatic rings. The predicted octanol–water partition coefficient (Wildman–Crippen LogP) is 3.18. The number of nitrogens with zero attached hydrogens (tertiary/aromatic N) is 5. The van der Waals surface area contributed by atoms with Crippen LogP contribution in [0, 0.1) is 16.7 Å². The van der Waals surface area contributed by atoms with Gasteiger partial charge in [-0.05, 0) is 36.8 Å². The van der Waals surface area contributed by atoms with Crippen LogP contribution < -0.4 is 11.1 Å². The maximum atomic E-state index is 9.51. The van der Waals surface area contributed by atoms with Crippen molar-refractivity contribution in [1.29, 1.82) is 5.26 Å². The van der Waals surface area contributed by atoms with Crippen LogP contribution in [-0.2, 0) is 6.42 Å². The second-order valence-corrected chi connectivity index (χ2v) is 7.98. The Kier molecular flexibility index (Phi) is 7.90. The van der Waals surface area contributed by atoms with E-state index in [0.717, 1.165) is 43.4 Å². The Morgan fingerprint density at radius 3 is 2.66 bits per heavy atom. The van der Waals surface area contributed by atoms with Crippen molar-refractivity contribution >= 4 is 35.8 Å². The first-order chi connectivity index (χ1) is 13.4. The van der Waals surface area contributed by atoms with E-state index < -0.39 is 0 Å². The number of nitriles is 1. The summed E-state index contributed by atoms with van der Waals surface area (Å²) in [6, 6.07) is 11.9. The Bertz CT molecular complexity index is 880. The summed E-state index contributed by atoms with van der Waals surface area (Å²) in [5, 5.41) is 17.5. The molecule has 0 aliphatic carbocycles. The van der Waals surface area contributed by atoms with Gasteiger partial charge in [0.25, 0.3) is 0 Å². The third kappa shape index (κ3) is 5.41. The molecule has 0 amide bonds. The van der Waals surface area contributed by atoms with Gasteiger partial charge < -0.3 is 16.0 Å². The SMILES string of the molecule is CN=C(NCCCc1nn(-c2ccccc2)c(N)c1C#N)N1CCC(C)(C)C1.I. The van der Waals surface area contributed by atoms with Crippen LogP contribution in [0.3, 0.4) is 0 Å². The van der Waals surface area contributed by atoms with Gasteiger partial charge in [-0.25, -0.2) is 4.68 Å². The minimum atomic E-state index is 0. The summed E-state index contributed by atoms with van der Waals surface area (Å²) in [4.78, 5) is 6.72. The normalized spacial score (nSPS) is 15.7. The highest BCUT2D eigenvalue weighted by Crippen LogP contribution is 2.28. The van der Waals surface area contributed by atoms with E-state index in [-0.39, 0.29) is 24.0 Å². The van der Waals surface area contributed by atoms with E-state index in [1.54, 1.807) is 4.68 Å². The van der Waals surface area contributed by atoms with Crippen molar-refractivity contribution in [2.75, 3.05) is 32.4 Å². The minimum Gasteiger partial charge on any atom is -0.382 e. The van der Waals surface area contributed by atoms with Gasteiger partial charge in [0.1, 0.15) is 17.5 Å². The van der Waals surface area contributed by atoms with Crippen molar-refractivity contribution in [1.82, 2.24) is 20.0 Å². The molecular weight excluding hydrogens is 477 g/mol. The van der Waals surface area contributed by atoms with E-state index in [9.17, 15) is 5.26 Å². The van der Waals surface area contributed by atoms with Gasteiger partial charge in [-0.15, -0.1) is 24.0 Å². The second-order valence-electron chi connectivity index (χ2n) is 7.98. The van der Waals surface area contributed by atoms with E-state index in [1.165, 1.54) is 6.42 Å². The third-order valence-corrected chi connectivity index (χ3v) is 5.17. The van der Waals surface area contributed by atoms with E-state index >= 15 is 0 Å². The molecule has 1 fully saturated rings. The number of hydrogen-bond acceptors (Lipinski definition) is 4. The van der Waals surface area contributed by atoms with Gasteiger partial charge in [-0.3, -0.25) is 4.99 Å². The number of halogens is 1. The lowest BCUT2D eigenvalue weighted by molar-refractivity contribution is 0.370. The first kappa shape index (κ1) is 23.0. The summed E-state index contributed by atoms with van der Waals surface area (Å²) in [7, 11) is 1.82. The van der Waals surface area contributed by atoms with E-state index in [0.29, 0.717) is 23.2 Å². The van der Waals surface area contributed by atoms with E-state index in [1.807, 2.05) is 37.4 Å². The number of para-hydroxylation sites is 1. The molecule has 1 aromatic heterocycles. The Balaban J connectivity index is 0.00000300. The standard InChI is InChI=1S/C21H29N7.HI/c1-21(2)11-13-27(15-21)20(24-3)25-12-7-10-18-17(14-22)19(23)28(26-18)16-8-5-4-6-9-16;/h4-6,8-9H,7,10-13,15,23H2,1-3H3,(H,24,25);1H. The number of hydrogen-bond donors (Lipinski definition) is 2. The van der Waals surface area contributed by atoms with Crippen LogP contribution in [0.5, 0.6) is 0 Å². The molecule has 156 valence electrons. The van der Waals surface area contributed by atoms with Crippen molar-refractivity contribution in [2.45, 2.75) is 33.1 Å². The number of anilines is 1. The molecule has 1 aromatic carbocycles. The fourth-order valence-corrected chi connectivity index (χ4v) is 3.62. The molecule has 0 atom stereocenters. The number of aryl methyl sites for hydroxylation is 1. The molecule has 3 N–H and O–H groups in total. The Morgan fingerprint density at radius 2 is 2.07 bits per heavy atom. The number of likely N-dealkylation sites (tertiary alicyclic amines) is 1. The quantitative estimate of drug-likeness (QED) is 0.281. The van der Waals surface area contributed by atoms with Gasteiger partial charge in [-0.2, -0.15) is 10.4 Å². The van der Waals surface area contributed by atoms with Gasteiger partial charge >= 0.3 is 0 Å². The fourth-order valence-electron chi connectivity index (χ4n) is 3.62. The van der Waals surface area contributed by atoms with Crippen molar-refractivity contribution in [3.8, 4) is 11.8 Å². The maximum absolute atomic E-state index is 9.51. The van der Waals surface area contributed by atoms with Crippen LogP contribution >= 0.6 is 24.0 Å². The topological polar surface area (TPSA) is 95.3 Å². The molecule has 0 unspecified atom stereocenters. The van der Waals surface area contributed by atoms with Crippen molar-refractivity contribution < 1.29 is 0 Å². The number of nitrogen functional groups attached to an aromatic ring is 1. The Hall–Kier alpha value is -2.28. The zero-order valence-corrected chi connectivity index (χ0v) is 19.7. The molecule has 0 bridgehead atoms. The lowest BCUT2D eigenvalue weighted by Gasteiger charge is -2.23. The molecular formula is C21H30IN7. The van der Waals surface area contributed by atoms with Crippen molar-refractivity contribution in [3.63, 3.8) is 0 Å². The maximum Gasteiger partial charge on any atom is 0.193 e. The number of nitrogens with two attached hydrogens (primary N) is 1. The van der Waals surface area contributed by atoms with Crippen LogP contribution in [0.25, 0.3) is 5.69 Å². The number of rotatable bonds is 5. The van der Waals surface area contributed by atoms with Crippen LogP contribution in [0.1, 0.15) is 37.9 Å². The molecule has 3 rings (SSSR count). The van der Waals surface area contributed by atoms with E-state index in [4.69, 9.17) is 5.73 Å². The molecule has 1 saturated heterocycles. The average molecular weight is 507 g/mol. The molecule has 1 aliphatic heterocycles. The Labute approximate surface area is 190 Å². The number of aromatic nitrogens is 2. The van der Waals surface area contributed by atoms with Crippen LogP contribution in [0.2, 0.25) is 0 Å². The van der Waals surface area contributed by atoms with Crippen LogP contribution in [0.15, 0.2) is 35.3 Å². The number of aliphatic imine (C=N–C) groups is 1. The fraction of sp³-hybridized carbons (Fsp3) is 0.476. The van der Waals surface area contributed by atoms with Gasteiger partial charge in [0.2, 0.25) is 0 Å². The highest BCUT2D eigenvalue weighted by molar-refractivity contribution is 14.0. The van der Waals surface area contributed by atoms with Crippen molar-refractivity contribution in [2.24, 2.45) is 10.4 Å². The van der Waals surface area contributed by atoms with Gasteiger partial charge in [-0.1, -0.05) is 32.0 Å². The summed E-state index contributed by atoms with van der Waals surface area (Å²) in [6.07, 6.45) is 2.70. The second kappa shape index (κ2) is 9.96. The number of benzene rings is 1. The van der Waals surface area contributed by atoms with Crippen LogP contribution in [0.4, 0.5) is 5.82 Å². The zero-order chi connectivity index (χ0) is 20.1. The molecule has 2 aromatic rings. The summed E-state index contributed by atoms with van der Waals surface area (Å²) in [6.45, 7) is 7.40. The summed E-state index contributed by atoms with van der Waals surface area (Å²) >= 11 is 0. The van der Waals surface area contributed by atoms with E-state index in [2.05, 4.69) is 40.2 Å². The number of nitrogens with one attached hydrogen (secondary N) is 1. The first-order valence-corrected chi connectivity index (χ1v) is 9.73. The summed E-state index contributed by atoms with van der Waals surface area (Å²) in [5.74, 6) is 1.34. The monoisotopic (exact) mass is 507 g/mol. The largest absolute Gasteiger partial charge is 0.382 e. The highest BCUT2D eigenvalue weighted by Gasteiger charge is 2.30. The van der Waals surface area contributed by atoms with Crippen molar-refractivity contribution in [3.05, 3.63) is 41.6 Å². The molecule has 0 spiro atoms. The third-order valence-electron chi connectivity index (χ3n) is 5.17. The molecule has 29 heavy (non-hydrogen) atoms.